The molecule has 1 atom stereocenters. The van der Waals surface area contributed by atoms with E-state index in [0.29, 0.717) is 31.3 Å². The van der Waals surface area contributed by atoms with E-state index in [1.165, 1.54) is 0 Å². The molecule has 2 rings (SSSR count). The number of likely N-dealkylation sites (tertiary alicyclic amines) is 1. The summed E-state index contributed by atoms with van der Waals surface area (Å²) in [6.07, 6.45) is 1.41. The number of halogens is 1. The van der Waals surface area contributed by atoms with Crippen molar-refractivity contribution in [3.63, 3.8) is 0 Å². The molecule has 1 aliphatic rings. The van der Waals surface area contributed by atoms with E-state index in [4.69, 9.17) is 21.1 Å². The van der Waals surface area contributed by atoms with Crippen LogP contribution < -0.4 is 15.4 Å². The Morgan fingerprint density at radius 1 is 1.36 bits per heavy atom. The van der Waals surface area contributed by atoms with Gasteiger partial charge in [-0.15, -0.1) is 0 Å². The summed E-state index contributed by atoms with van der Waals surface area (Å²) in [4.78, 5) is 18.2. The second-order valence-electron chi connectivity index (χ2n) is 6.71. The van der Waals surface area contributed by atoms with Crippen LogP contribution in [0.2, 0.25) is 5.02 Å². The minimum absolute atomic E-state index is 0.0837. The number of hydrogen-bond donors (Lipinski definition) is 2. The third-order valence-electron chi connectivity index (χ3n) is 4.35. The fraction of sp³-hybridized carbons (Fsp3) is 0.600. The molecule has 1 heterocycles. The number of guanidine groups is 1. The van der Waals surface area contributed by atoms with Gasteiger partial charge in [-0.3, -0.25) is 0 Å². The highest BCUT2D eigenvalue weighted by Crippen LogP contribution is 2.18. The monoisotopic (exact) mass is 410 g/mol. The zero-order chi connectivity index (χ0) is 20.4. The third-order valence-corrected chi connectivity index (χ3v) is 4.58. The van der Waals surface area contributed by atoms with E-state index in [1.807, 2.05) is 39.0 Å². The van der Waals surface area contributed by atoms with Gasteiger partial charge in [-0.1, -0.05) is 17.7 Å². The van der Waals surface area contributed by atoms with Crippen LogP contribution in [0.25, 0.3) is 0 Å². The lowest BCUT2D eigenvalue weighted by atomic mass is 10.1. The van der Waals surface area contributed by atoms with Crippen molar-refractivity contribution in [1.82, 2.24) is 15.5 Å². The zero-order valence-electron chi connectivity index (χ0n) is 16.9. The Morgan fingerprint density at radius 2 is 2.11 bits per heavy atom. The van der Waals surface area contributed by atoms with E-state index in [-0.39, 0.29) is 18.2 Å². The fourth-order valence-electron chi connectivity index (χ4n) is 2.96. The van der Waals surface area contributed by atoms with E-state index < -0.39 is 0 Å². The first kappa shape index (κ1) is 22.1. The van der Waals surface area contributed by atoms with E-state index in [0.717, 1.165) is 31.1 Å². The van der Waals surface area contributed by atoms with E-state index in [2.05, 4.69) is 15.6 Å². The van der Waals surface area contributed by atoms with E-state index >= 15 is 0 Å². The van der Waals surface area contributed by atoms with Gasteiger partial charge in [0.2, 0.25) is 0 Å². The van der Waals surface area contributed by atoms with Crippen molar-refractivity contribution in [3.8, 4) is 5.75 Å². The number of rotatable bonds is 7. The predicted octanol–water partition coefficient (Wildman–Crippen LogP) is 3.28. The zero-order valence-corrected chi connectivity index (χ0v) is 17.7. The van der Waals surface area contributed by atoms with Crippen LogP contribution >= 0.6 is 11.6 Å². The molecule has 1 aromatic rings. The van der Waals surface area contributed by atoms with Gasteiger partial charge in [0.05, 0.1) is 13.2 Å². The van der Waals surface area contributed by atoms with Crippen molar-refractivity contribution < 1.29 is 14.3 Å². The minimum atomic E-state index is -0.228. The number of carbonyl (C=O) groups is 1. The summed E-state index contributed by atoms with van der Waals surface area (Å²) in [5.41, 5.74) is 0. The predicted molar refractivity (Wildman–Crippen MR) is 112 cm³/mol. The molecular weight excluding hydrogens is 380 g/mol. The molecule has 8 heteroatoms. The summed E-state index contributed by atoms with van der Waals surface area (Å²) < 4.78 is 10.9. The van der Waals surface area contributed by atoms with Crippen molar-refractivity contribution in [1.29, 1.82) is 0 Å². The number of nitrogens with zero attached hydrogens (tertiary/aromatic N) is 2. The largest absolute Gasteiger partial charge is 0.489 e. The highest BCUT2D eigenvalue weighted by atomic mass is 35.5. The summed E-state index contributed by atoms with van der Waals surface area (Å²) in [6.45, 7) is 8.90. The van der Waals surface area contributed by atoms with Gasteiger partial charge >= 0.3 is 6.09 Å². The van der Waals surface area contributed by atoms with Crippen LogP contribution in [0.15, 0.2) is 29.3 Å². The van der Waals surface area contributed by atoms with Crippen LogP contribution in [0.4, 0.5) is 4.79 Å². The van der Waals surface area contributed by atoms with Crippen LogP contribution in [-0.2, 0) is 4.74 Å². The SMILES string of the molecule is CCNC(=NCC(C)Oc1cccc(Cl)c1)NC1CCN(C(=O)OCC)CC1. The second-order valence-corrected chi connectivity index (χ2v) is 7.15. The topological polar surface area (TPSA) is 75.2 Å². The van der Waals surface area contributed by atoms with Crippen LogP contribution in [0.1, 0.15) is 33.6 Å². The first-order valence-electron chi connectivity index (χ1n) is 9.90. The Hall–Kier alpha value is -2.15. The number of carbonyl (C=O) groups excluding carboxylic acids is 1. The Bertz CT molecular complexity index is 648. The average molecular weight is 411 g/mol. The van der Waals surface area contributed by atoms with Gasteiger partial charge in [-0.05, 0) is 51.8 Å². The molecule has 0 bridgehead atoms. The standard InChI is InChI=1S/C20H31ClN4O3/c1-4-22-19(23-14-15(3)28-18-8-6-7-16(21)13-18)24-17-9-11-25(12-10-17)20(26)27-5-2/h6-8,13,15,17H,4-5,9-12,14H2,1-3H3,(H2,22,23,24). The first-order valence-corrected chi connectivity index (χ1v) is 10.3. The second kappa shape index (κ2) is 11.6. The summed E-state index contributed by atoms with van der Waals surface area (Å²) in [6, 6.07) is 7.63. The quantitative estimate of drug-likeness (QED) is 0.533. The first-order chi connectivity index (χ1) is 13.5. The molecule has 1 fully saturated rings. The lowest BCUT2D eigenvalue weighted by molar-refractivity contribution is 0.0963. The Kier molecular flexibility index (Phi) is 9.20. The molecule has 0 saturated carbocycles. The highest BCUT2D eigenvalue weighted by molar-refractivity contribution is 6.30. The number of nitrogens with one attached hydrogen (secondary N) is 2. The summed E-state index contributed by atoms with van der Waals surface area (Å²) in [5, 5.41) is 7.38. The molecule has 0 spiro atoms. The van der Waals surface area contributed by atoms with Crippen molar-refractivity contribution in [3.05, 3.63) is 29.3 Å². The van der Waals surface area contributed by atoms with Gasteiger partial charge < -0.3 is 25.0 Å². The van der Waals surface area contributed by atoms with Crippen molar-refractivity contribution in [2.24, 2.45) is 4.99 Å². The Balaban J connectivity index is 1.82. The minimum Gasteiger partial charge on any atom is -0.489 e. The van der Waals surface area contributed by atoms with Crippen molar-refractivity contribution >= 4 is 23.7 Å². The normalized spacial score (nSPS) is 16.4. The maximum atomic E-state index is 11.8. The lowest BCUT2D eigenvalue weighted by Gasteiger charge is -2.32. The van der Waals surface area contributed by atoms with Crippen LogP contribution in [-0.4, -0.2) is 61.9 Å². The molecule has 0 aromatic heterocycles. The molecule has 1 aromatic carbocycles. The molecule has 1 unspecified atom stereocenters. The summed E-state index contributed by atoms with van der Waals surface area (Å²) in [7, 11) is 0. The molecule has 156 valence electrons. The molecule has 0 radical (unpaired) electrons. The lowest BCUT2D eigenvalue weighted by Crippen LogP contribution is -2.50. The number of amides is 1. The number of benzene rings is 1. The molecule has 7 nitrogen and oxygen atoms in total. The number of aliphatic imine (C=N–C) groups is 1. The Labute approximate surface area is 172 Å². The van der Waals surface area contributed by atoms with Gasteiger partial charge in [0.1, 0.15) is 11.9 Å². The van der Waals surface area contributed by atoms with Crippen LogP contribution in [0.5, 0.6) is 5.75 Å². The molecule has 28 heavy (non-hydrogen) atoms. The molecular formula is C20H31ClN4O3. The number of piperidine rings is 1. The van der Waals surface area contributed by atoms with Gasteiger partial charge in [0, 0.05) is 30.7 Å². The van der Waals surface area contributed by atoms with E-state index in [9.17, 15) is 4.79 Å². The number of ether oxygens (including phenoxy) is 2. The molecule has 1 saturated heterocycles. The maximum Gasteiger partial charge on any atom is 0.409 e. The van der Waals surface area contributed by atoms with Crippen molar-refractivity contribution in [2.75, 3.05) is 32.8 Å². The highest BCUT2D eigenvalue weighted by Gasteiger charge is 2.24. The number of hydrogen-bond acceptors (Lipinski definition) is 4. The third kappa shape index (κ3) is 7.46. The van der Waals surface area contributed by atoms with Crippen LogP contribution in [0, 0.1) is 0 Å². The summed E-state index contributed by atoms with van der Waals surface area (Å²) >= 11 is 5.99. The fourth-order valence-corrected chi connectivity index (χ4v) is 3.14. The van der Waals surface area contributed by atoms with E-state index in [1.54, 1.807) is 11.0 Å². The maximum absolute atomic E-state index is 11.8. The molecule has 1 amide bonds. The van der Waals surface area contributed by atoms with Gasteiger partial charge in [0.15, 0.2) is 5.96 Å². The molecule has 0 aliphatic carbocycles. The smallest absolute Gasteiger partial charge is 0.409 e. The van der Waals surface area contributed by atoms with Gasteiger partial charge in [0.25, 0.3) is 0 Å². The van der Waals surface area contributed by atoms with Gasteiger partial charge in [-0.25, -0.2) is 9.79 Å². The van der Waals surface area contributed by atoms with Crippen LogP contribution in [0.3, 0.4) is 0 Å². The molecule has 1 aliphatic heterocycles. The Morgan fingerprint density at radius 3 is 2.75 bits per heavy atom. The molecule has 2 N–H and O–H groups in total. The summed E-state index contributed by atoms with van der Waals surface area (Å²) in [5.74, 6) is 1.50. The van der Waals surface area contributed by atoms with Crippen molar-refractivity contribution in [2.45, 2.75) is 45.8 Å². The average Bonchev–Trinajstić information content (AvgIpc) is 2.67. The van der Waals surface area contributed by atoms with Gasteiger partial charge in [-0.2, -0.15) is 0 Å².